The van der Waals surface area contributed by atoms with Crippen molar-refractivity contribution in [3.8, 4) is 0 Å². The molecule has 0 bridgehead atoms. The molecule has 138 valence electrons. The third-order valence-corrected chi connectivity index (χ3v) is 5.07. The molecule has 1 aromatic heterocycles. The topological polar surface area (TPSA) is 59.4 Å². The summed E-state index contributed by atoms with van der Waals surface area (Å²) in [4.78, 5) is 15.1. The number of nitrogens with zero attached hydrogens (tertiary/aromatic N) is 3. The van der Waals surface area contributed by atoms with E-state index in [2.05, 4.69) is 10.4 Å². The highest BCUT2D eigenvalue weighted by atomic mass is 19.1. The highest BCUT2D eigenvalue weighted by molar-refractivity contribution is 5.96. The van der Waals surface area contributed by atoms with E-state index in [9.17, 15) is 9.18 Å². The van der Waals surface area contributed by atoms with Gasteiger partial charge in [-0.3, -0.25) is 14.4 Å². The monoisotopic (exact) mass is 358 g/mol. The molecule has 2 aliphatic rings. The van der Waals surface area contributed by atoms with E-state index in [0.717, 1.165) is 24.2 Å². The van der Waals surface area contributed by atoms with Crippen LogP contribution in [0.1, 0.15) is 36.1 Å². The van der Waals surface area contributed by atoms with Gasteiger partial charge in [0.05, 0.1) is 30.8 Å². The lowest BCUT2D eigenvalue weighted by molar-refractivity contribution is -0.123. The maximum atomic E-state index is 14.5. The molecule has 1 aromatic carbocycles. The Kier molecular flexibility index (Phi) is 4.74. The average molecular weight is 358 g/mol. The molecule has 1 N–H and O–H groups in total. The zero-order valence-corrected chi connectivity index (χ0v) is 14.8. The SMILES string of the molecule is Cn1ncc(NC(=O)[C@@H](c2ccccc2F)N2CCOCC2)c1C1CC1. The number of aromatic nitrogens is 2. The van der Waals surface area contributed by atoms with E-state index in [0.29, 0.717) is 37.8 Å². The van der Waals surface area contributed by atoms with Gasteiger partial charge in [-0.15, -0.1) is 0 Å². The second kappa shape index (κ2) is 7.17. The molecule has 1 amide bonds. The number of halogens is 1. The van der Waals surface area contributed by atoms with Crippen molar-refractivity contribution >= 4 is 11.6 Å². The van der Waals surface area contributed by atoms with Crippen LogP contribution < -0.4 is 5.32 Å². The van der Waals surface area contributed by atoms with Crippen LogP contribution >= 0.6 is 0 Å². The molecule has 0 spiro atoms. The standard InChI is InChI=1S/C19H23FN4O2/c1-23-17(13-6-7-13)16(12-21-23)22-19(25)18(24-8-10-26-11-9-24)14-4-2-3-5-15(14)20/h2-5,12-13,18H,6-11H2,1H3,(H,22,25)/t18-/m1/s1. The van der Waals surface area contributed by atoms with Crippen LogP contribution in [-0.4, -0.2) is 46.9 Å². The quantitative estimate of drug-likeness (QED) is 0.892. The Labute approximate surface area is 151 Å². The lowest BCUT2D eigenvalue weighted by Crippen LogP contribution is -2.44. The van der Waals surface area contributed by atoms with Crippen molar-refractivity contribution in [2.45, 2.75) is 24.8 Å². The number of carbonyl (C=O) groups is 1. The van der Waals surface area contributed by atoms with Crippen molar-refractivity contribution in [1.82, 2.24) is 14.7 Å². The number of morpholine rings is 1. The van der Waals surface area contributed by atoms with Crippen LogP contribution in [0.3, 0.4) is 0 Å². The van der Waals surface area contributed by atoms with E-state index < -0.39 is 6.04 Å². The van der Waals surface area contributed by atoms with Gasteiger partial charge in [0.2, 0.25) is 5.91 Å². The summed E-state index contributed by atoms with van der Waals surface area (Å²) < 4.78 is 21.7. The minimum atomic E-state index is -0.688. The summed E-state index contributed by atoms with van der Waals surface area (Å²) >= 11 is 0. The van der Waals surface area contributed by atoms with Crippen molar-refractivity contribution in [2.24, 2.45) is 7.05 Å². The fraction of sp³-hybridized carbons (Fsp3) is 0.474. The average Bonchev–Trinajstić information content (AvgIpc) is 3.41. The molecular formula is C19H23FN4O2. The van der Waals surface area contributed by atoms with E-state index in [1.54, 1.807) is 24.4 Å². The predicted octanol–water partition coefficient (Wildman–Crippen LogP) is 2.45. The van der Waals surface area contributed by atoms with E-state index in [1.807, 2.05) is 16.6 Å². The minimum absolute atomic E-state index is 0.230. The van der Waals surface area contributed by atoms with Gasteiger partial charge >= 0.3 is 0 Å². The number of amides is 1. The van der Waals surface area contributed by atoms with Crippen LogP contribution in [0.5, 0.6) is 0 Å². The maximum absolute atomic E-state index is 14.5. The molecule has 1 aliphatic heterocycles. The van der Waals surface area contributed by atoms with Gasteiger partial charge in [0.1, 0.15) is 11.9 Å². The first-order valence-corrected chi connectivity index (χ1v) is 9.04. The fourth-order valence-corrected chi connectivity index (χ4v) is 3.62. The molecule has 2 aromatic rings. The van der Waals surface area contributed by atoms with Crippen LogP contribution in [0.15, 0.2) is 30.5 Å². The third kappa shape index (κ3) is 3.37. The Balaban J connectivity index is 1.63. The number of carbonyl (C=O) groups excluding carboxylic acids is 1. The number of anilines is 1. The summed E-state index contributed by atoms with van der Waals surface area (Å²) in [5.41, 5.74) is 2.17. The lowest BCUT2D eigenvalue weighted by Gasteiger charge is -2.33. The summed E-state index contributed by atoms with van der Waals surface area (Å²) in [7, 11) is 1.89. The van der Waals surface area contributed by atoms with Crippen molar-refractivity contribution in [3.05, 3.63) is 47.5 Å². The van der Waals surface area contributed by atoms with Gasteiger partial charge in [-0.2, -0.15) is 5.10 Å². The summed E-state index contributed by atoms with van der Waals surface area (Å²) in [5, 5.41) is 7.29. The summed E-state index contributed by atoms with van der Waals surface area (Å²) in [5.74, 6) is -0.146. The Morgan fingerprint density at radius 3 is 2.73 bits per heavy atom. The smallest absolute Gasteiger partial charge is 0.246 e. The van der Waals surface area contributed by atoms with Crippen LogP contribution in [0, 0.1) is 5.82 Å². The molecule has 4 rings (SSSR count). The summed E-state index contributed by atoms with van der Waals surface area (Å²) in [6, 6.07) is 5.79. The largest absolute Gasteiger partial charge is 0.379 e. The second-order valence-electron chi connectivity index (χ2n) is 6.90. The van der Waals surface area contributed by atoms with Gasteiger partial charge in [0.25, 0.3) is 0 Å². The van der Waals surface area contributed by atoms with E-state index in [-0.39, 0.29) is 11.7 Å². The number of hydrogen-bond donors (Lipinski definition) is 1. The van der Waals surface area contributed by atoms with Crippen molar-refractivity contribution < 1.29 is 13.9 Å². The van der Waals surface area contributed by atoms with Gasteiger partial charge in [-0.05, 0) is 18.9 Å². The van der Waals surface area contributed by atoms with Crippen LogP contribution in [0.2, 0.25) is 0 Å². The highest BCUT2D eigenvalue weighted by Gasteiger charge is 2.34. The number of ether oxygens (including phenoxy) is 1. The normalized spacial score (nSPS) is 19.3. The zero-order chi connectivity index (χ0) is 18.1. The van der Waals surface area contributed by atoms with E-state index in [4.69, 9.17) is 4.74 Å². The Morgan fingerprint density at radius 1 is 1.31 bits per heavy atom. The van der Waals surface area contributed by atoms with Gasteiger partial charge < -0.3 is 10.1 Å². The molecule has 1 saturated heterocycles. The summed E-state index contributed by atoms with van der Waals surface area (Å²) in [6.07, 6.45) is 3.91. The predicted molar refractivity (Wildman–Crippen MR) is 95.3 cm³/mol. The van der Waals surface area contributed by atoms with Crippen LogP contribution in [-0.2, 0) is 16.6 Å². The Morgan fingerprint density at radius 2 is 2.04 bits per heavy atom. The molecule has 7 heteroatoms. The van der Waals surface area contributed by atoms with Gasteiger partial charge in [0, 0.05) is 31.6 Å². The fourth-order valence-electron chi connectivity index (χ4n) is 3.62. The highest BCUT2D eigenvalue weighted by Crippen LogP contribution is 2.43. The number of aryl methyl sites for hydroxylation is 1. The van der Waals surface area contributed by atoms with Crippen molar-refractivity contribution in [1.29, 1.82) is 0 Å². The summed E-state index contributed by atoms with van der Waals surface area (Å²) in [6.45, 7) is 2.26. The molecular weight excluding hydrogens is 335 g/mol. The van der Waals surface area contributed by atoms with E-state index in [1.165, 1.54) is 6.07 Å². The molecule has 26 heavy (non-hydrogen) atoms. The molecule has 2 fully saturated rings. The van der Waals surface area contributed by atoms with E-state index >= 15 is 0 Å². The number of rotatable bonds is 5. The molecule has 0 radical (unpaired) electrons. The second-order valence-corrected chi connectivity index (χ2v) is 6.90. The number of nitrogens with one attached hydrogen (secondary N) is 1. The first-order valence-electron chi connectivity index (χ1n) is 9.04. The van der Waals surface area contributed by atoms with Crippen LogP contribution in [0.25, 0.3) is 0 Å². The molecule has 1 aliphatic carbocycles. The molecule has 1 atom stereocenters. The lowest BCUT2D eigenvalue weighted by atomic mass is 10.0. The Hall–Kier alpha value is -2.25. The maximum Gasteiger partial charge on any atom is 0.246 e. The van der Waals surface area contributed by atoms with Gasteiger partial charge in [-0.1, -0.05) is 18.2 Å². The minimum Gasteiger partial charge on any atom is -0.379 e. The first kappa shape index (κ1) is 17.2. The van der Waals surface area contributed by atoms with Crippen LogP contribution in [0.4, 0.5) is 10.1 Å². The molecule has 0 unspecified atom stereocenters. The van der Waals surface area contributed by atoms with Crippen molar-refractivity contribution in [3.63, 3.8) is 0 Å². The molecule has 2 heterocycles. The first-order chi connectivity index (χ1) is 12.6. The van der Waals surface area contributed by atoms with Crippen molar-refractivity contribution in [2.75, 3.05) is 31.6 Å². The third-order valence-electron chi connectivity index (χ3n) is 5.07. The molecule has 1 saturated carbocycles. The van der Waals surface area contributed by atoms with Gasteiger partial charge in [0.15, 0.2) is 0 Å². The molecule has 6 nitrogen and oxygen atoms in total. The van der Waals surface area contributed by atoms with Gasteiger partial charge in [-0.25, -0.2) is 4.39 Å². The zero-order valence-electron chi connectivity index (χ0n) is 14.8. The number of benzene rings is 1. The number of hydrogen-bond acceptors (Lipinski definition) is 4. The Bertz CT molecular complexity index is 797.